The van der Waals surface area contributed by atoms with Crippen LogP contribution in [0.4, 0.5) is 4.79 Å². The molecule has 1 aliphatic rings. The summed E-state index contributed by atoms with van der Waals surface area (Å²) in [7, 11) is 1.25. The zero-order valence-electron chi connectivity index (χ0n) is 9.72. The van der Waals surface area contributed by atoms with Crippen LogP contribution < -0.4 is 0 Å². The lowest BCUT2D eigenvalue weighted by Gasteiger charge is -2.33. The number of amides is 1. The number of carbonyl (C=O) groups is 2. The van der Waals surface area contributed by atoms with Crippen molar-refractivity contribution in [2.24, 2.45) is 0 Å². The maximum absolute atomic E-state index is 11.6. The van der Waals surface area contributed by atoms with Gasteiger partial charge in [0.05, 0.1) is 13.7 Å². The van der Waals surface area contributed by atoms with Gasteiger partial charge < -0.3 is 9.84 Å². The summed E-state index contributed by atoms with van der Waals surface area (Å²) in [6.07, 6.45) is -0.319. The number of hydrogen-bond acceptors (Lipinski definition) is 3. The van der Waals surface area contributed by atoms with Crippen LogP contribution in [-0.2, 0) is 22.5 Å². The number of carboxylic acid groups (broad SMARTS) is 1. The van der Waals surface area contributed by atoms with Crippen molar-refractivity contribution >= 4 is 28.0 Å². The standard InChI is InChI=1S/C12H12BrNO4/c1-18-12(17)14-6-8-4-9(13)3-2-7(8)5-10(14)11(15)16/h2-4,10H,5-6H2,1H3,(H,15,16)/t10-/m0/s1. The average Bonchev–Trinajstić information content (AvgIpc) is 2.35. The molecule has 1 heterocycles. The lowest BCUT2D eigenvalue weighted by atomic mass is 9.94. The number of hydrogen-bond donors (Lipinski definition) is 1. The quantitative estimate of drug-likeness (QED) is 0.861. The summed E-state index contributed by atoms with van der Waals surface area (Å²) in [5.41, 5.74) is 1.89. The first-order valence-electron chi connectivity index (χ1n) is 5.37. The van der Waals surface area contributed by atoms with Gasteiger partial charge in [-0.15, -0.1) is 0 Å². The molecule has 2 rings (SSSR count). The summed E-state index contributed by atoms with van der Waals surface area (Å²) in [4.78, 5) is 24.0. The third kappa shape index (κ3) is 2.33. The normalized spacial score (nSPS) is 18.1. The van der Waals surface area contributed by atoms with Gasteiger partial charge in [0.1, 0.15) is 6.04 Å². The Hall–Kier alpha value is -1.56. The predicted octanol–water partition coefficient (Wildman–Crippen LogP) is 2.03. The fourth-order valence-electron chi connectivity index (χ4n) is 2.08. The minimum atomic E-state index is -1.02. The van der Waals surface area contributed by atoms with Crippen LogP contribution in [0.2, 0.25) is 0 Å². The average molecular weight is 314 g/mol. The second-order valence-electron chi connectivity index (χ2n) is 4.07. The zero-order valence-corrected chi connectivity index (χ0v) is 11.3. The Labute approximate surface area is 112 Å². The SMILES string of the molecule is COC(=O)N1Cc2cc(Br)ccc2C[C@H]1C(=O)O. The summed E-state index contributed by atoms with van der Waals surface area (Å²) in [5, 5.41) is 9.17. The van der Waals surface area contributed by atoms with E-state index < -0.39 is 18.1 Å². The molecule has 0 saturated heterocycles. The van der Waals surface area contributed by atoms with Gasteiger partial charge in [0.15, 0.2) is 0 Å². The van der Waals surface area contributed by atoms with E-state index in [1.807, 2.05) is 18.2 Å². The van der Waals surface area contributed by atoms with Crippen LogP contribution in [0.15, 0.2) is 22.7 Å². The Bertz CT molecular complexity index is 503. The molecule has 1 aliphatic heterocycles. The van der Waals surface area contributed by atoms with Crippen LogP contribution in [0.1, 0.15) is 11.1 Å². The van der Waals surface area contributed by atoms with Crippen molar-refractivity contribution in [1.29, 1.82) is 0 Å². The Morgan fingerprint density at radius 2 is 2.17 bits per heavy atom. The number of fused-ring (bicyclic) bond motifs is 1. The number of methoxy groups -OCH3 is 1. The summed E-state index contributed by atoms with van der Waals surface area (Å²) < 4.78 is 5.53. The van der Waals surface area contributed by atoms with Crippen molar-refractivity contribution in [3.8, 4) is 0 Å². The zero-order chi connectivity index (χ0) is 13.3. The molecule has 96 valence electrons. The monoisotopic (exact) mass is 313 g/mol. The highest BCUT2D eigenvalue weighted by molar-refractivity contribution is 9.10. The van der Waals surface area contributed by atoms with Gasteiger partial charge in [0.2, 0.25) is 0 Å². The van der Waals surface area contributed by atoms with Crippen LogP contribution in [0.3, 0.4) is 0 Å². The van der Waals surface area contributed by atoms with E-state index in [1.54, 1.807) is 0 Å². The summed E-state index contributed by atoms with van der Waals surface area (Å²) in [6, 6.07) is 4.77. The van der Waals surface area contributed by atoms with Crippen molar-refractivity contribution in [3.63, 3.8) is 0 Å². The van der Waals surface area contributed by atoms with E-state index in [1.165, 1.54) is 12.0 Å². The molecular weight excluding hydrogens is 302 g/mol. The number of benzene rings is 1. The molecule has 1 N–H and O–H groups in total. The molecule has 5 nitrogen and oxygen atoms in total. The summed E-state index contributed by atoms with van der Waals surface area (Å²) >= 11 is 3.36. The maximum atomic E-state index is 11.6. The molecule has 0 unspecified atom stereocenters. The molecule has 18 heavy (non-hydrogen) atoms. The molecule has 0 aliphatic carbocycles. The molecule has 6 heteroatoms. The third-order valence-corrected chi connectivity index (χ3v) is 3.49. The van der Waals surface area contributed by atoms with Gasteiger partial charge in [-0.1, -0.05) is 22.0 Å². The number of rotatable bonds is 1. The highest BCUT2D eigenvalue weighted by atomic mass is 79.9. The number of carboxylic acids is 1. The second-order valence-corrected chi connectivity index (χ2v) is 4.98. The van der Waals surface area contributed by atoms with Crippen LogP contribution in [0.25, 0.3) is 0 Å². The van der Waals surface area contributed by atoms with E-state index in [0.717, 1.165) is 15.6 Å². The van der Waals surface area contributed by atoms with Crippen molar-refractivity contribution in [2.75, 3.05) is 7.11 Å². The molecule has 1 aromatic rings. The van der Waals surface area contributed by atoms with E-state index in [-0.39, 0.29) is 6.54 Å². The summed E-state index contributed by atoms with van der Waals surface area (Å²) in [6.45, 7) is 0.248. The molecule has 1 amide bonds. The van der Waals surface area contributed by atoms with Gasteiger partial charge in [0, 0.05) is 10.9 Å². The third-order valence-electron chi connectivity index (χ3n) is 2.99. The molecule has 0 fully saturated rings. The summed E-state index contributed by atoms with van der Waals surface area (Å²) in [5.74, 6) is -1.02. The van der Waals surface area contributed by atoms with Crippen molar-refractivity contribution < 1.29 is 19.4 Å². The van der Waals surface area contributed by atoms with Gasteiger partial charge >= 0.3 is 12.1 Å². The first kappa shape index (κ1) is 12.9. The van der Waals surface area contributed by atoms with E-state index in [0.29, 0.717) is 6.42 Å². The predicted molar refractivity (Wildman–Crippen MR) is 67.2 cm³/mol. The highest BCUT2D eigenvalue weighted by Gasteiger charge is 2.35. The first-order chi connectivity index (χ1) is 8.52. The van der Waals surface area contributed by atoms with Gasteiger partial charge in [-0.3, -0.25) is 4.90 Å². The van der Waals surface area contributed by atoms with E-state index in [9.17, 15) is 14.7 Å². The number of aliphatic carboxylic acids is 1. The fraction of sp³-hybridized carbons (Fsp3) is 0.333. The van der Waals surface area contributed by atoms with Crippen LogP contribution in [-0.4, -0.2) is 35.2 Å². The lowest BCUT2D eigenvalue weighted by Crippen LogP contribution is -2.48. The maximum Gasteiger partial charge on any atom is 0.410 e. The number of carbonyl (C=O) groups excluding carboxylic acids is 1. The van der Waals surface area contributed by atoms with Crippen molar-refractivity contribution in [1.82, 2.24) is 4.90 Å². The Morgan fingerprint density at radius 1 is 1.44 bits per heavy atom. The molecule has 1 atom stereocenters. The molecule has 0 aromatic heterocycles. The van der Waals surface area contributed by atoms with Crippen LogP contribution in [0.5, 0.6) is 0 Å². The largest absolute Gasteiger partial charge is 0.480 e. The van der Waals surface area contributed by atoms with Crippen LogP contribution in [0, 0.1) is 0 Å². The van der Waals surface area contributed by atoms with E-state index in [4.69, 9.17) is 0 Å². The Balaban J connectivity index is 2.37. The Morgan fingerprint density at radius 3 is 2.78 bits per heavy atom. The molecule has 0 spiro atoms. The topological polar surface area (TPSA) is 66.8 Å². The Kier molecular flexibility index (Phi) is 3.56. The van der Waals surface area contributed by atoms with Gasteiger partial charge in [0.25, 0.3) is 0 Å². The molecule has 0 saturated carbocycles. The molecule has 1 aromatic carbocycles. The molecule has 0 bridgehead atoms. The van der Waals surface area contributed by atoms with Crippen LogP contribution >= 0.6 is 15.9 Å². The minimum absolute atomic E-state index is 0.248. The fourth-order valence-corrected chi connectivity index (χ4v) is 2.49. The highest BCUT2D eigenvalue weighted by Crippen LogP contribution is 2.26. The number of ether oxygens (including phenoxy) is 1. The van der Waals surface area contributed by atoms with Gasteiger partial charge in [-0.2, -0.15) is 0 Å². The number of nitrogens with zero attached hydrogens (tertiary/aromatic N) is 1. The number of halogens is 1. The van der Waals surface area contributed by atoms with Gasteiger partial charge in [-0.05, 0) is 23.3 Å². The molecular formula is C12H12BrNO4. The smallest absolute Gasteiger partial charge is 0.410 e. The molecule has 0 radical (unpaired) electrons. The second kappa shape index (κ2) is 4.97. The van der Waals surface area contributed by atoms with E-state index in [2.05, 4.69) is 20.7 Å². The van der Waals surface area contributed by atoms with Crippen molar-refractivity contribution in [3.05, 3.63) is 33.8 Å². The first-order valence-corrected chi connectivity index (χ1v) is 6.17. The van der Waals surface area contributed by atoms with Crippen molar-refractivity contribution in [2.45, 2.75) is 19.0 Å². The minimum Gasteiger partial charge on any atom is -0.480 e. The van der Waals surface area contributed by atoms with Gasteiger partial charge in [-0.25, -0.2) is 9.59 Å². The lowest BCUT2D eigenvalue weighted by molar-refractivity contribution is -0.143. The van der Waals surface area contributed by atoms with E-state index >= 15 is 0 Å².